The molecule has 1 aliphatic rings. The van der Waals surface area contributed by atoms with Crippen molar-refractivity contribution in [3.63, 3.8) is 0 Å². The fraction of sp³-hybridized carbons (Fsp3) is 0.467. The van der Waals surface area contributed by atoms with Crippen molar-refractivity contribution in [3.05, 3.63) is 23.8 Å². The zero-order valence-electron chi connectivity index (χ0n) is 11.7. The largest absolute Gasteiger partial charge is 0.478 e. The van der Waals surface area contributed by atoms with Crippen LogP contribution in [0.2, 0.25) is 0 Å². The van der Waals surface area contributed by atoms with Crippen molar-refractivity contribution in [2.24, 2.45) is 5.41 Å². The van der Waals surface area contributed by atoms with E-state index in [0.717, 1.165) is 25.9 Å². The third-order valence-electron chi connectivity index (χ3n) is 4.01. The van der Waals surface area contributed by atoms with Crippen molar-refractivity contribution in [1.29, 1.82) is 0 Å². The monoisotopic (exact) mass is 274 g/mol. The average molecular weight is 274 g/mol. The van der Waals surface area contributed by atoms with E-state index in [1.165, 1.54) is 6.07 Å². The predicted octanol–water partition coefficient (Wildman–Crippen LogP) is 3.15. The van der Waals surface area contributed by atoms with Crippen molar-refractivity contribution >= 4 is 23.1 Å². The first-order valence-electron chi connectivity index (χ1n) is 6.83. The Kier molecular flexibility index (Phi) is 2.92. The highest BCUT2D eigenvalue weighted by atomic mass is 16.4. The van der Waals surface area contributed by atoms with E-state index in [1.54, 1.807) is 12.1 Å². The van der Waals surface area contributed by atoms with Gasteiger partial charge in [0.1, 0.15) is 5.52 Å². The van der Waals surface area contributed by atoms with Gasteiger partial charge >= 0.3 is 5.97 Å². The Morgan fingerprint density at radius 2 is 2.05 bits per heavy atom. The number of nitrogens with zero attached hydrogens (tertiary/aromatic N) is 2. The molecule has 5 heteroatoms. The number of anilines is 1. The van der Waals surface area contributed by atoms with Crippen molar-refractivity contribution in [2.75, 3.05) is 18.0 Å². The highest BCUT2D eigenvalue weighted by Gasteiger charge is 2.27. The maximum absolute atomic E-state index is 11.0. The number of carboxylic acids is 1. The summed E-state index contributed by atoms with van der Waals surface area (Å²) in [7, 11) is 0. The highest BCUT2D eigenvalue weighted by Crippen LogP contribution is 2.33. The molecule has 0 atom stereocenters. The van der Waals surface area contributed by atoms with Crippen LogP contribution in [0.25, 0.3) is 11.1 Å². The summed E-state index contributed by atoms with van der Waals surface area (Å²) in [5.74, 6) is -0.954. The van der Waals surface area contributed by atoms with Gasteiger partial charge in [-0.05, 0) is 36.5 Å². The van der Waals surface area contributed by atoms with Crippen LogP contribution < -0.4 is 4.90 Å². The Bertz CT molecular complexity index is 650. The number of hydrogen-bond donors (Lipinski definition) is 1. The lowest BCUT2D eigenvalue weighted by atomic mass is 9.83. The van der Waals surface area contributed by atoms with Gasteiger partial charge in [-0.25, -0.2) is 4.79 Å². The van der Waals surface area contributed by atoms with Gasteiger partial charge in [-0.3, -0.25) is 0 Å². The highest BCUT2D eigenvalue weighted by molar-refractivity contribution is 5.92. The van der Waals surface area contributed by atoms with E-state index in [1.807, 2.05) is 0 Å². The Labute approximate surface area is 117 Å². The number of carbonyl (C=O) groups is 1. The molecule has 106 valence electrons. The molecule has 1 aromatic carbocycles. The minimum atomic E-state index is -0.954. The fourth-order valence-corrected chi connectivity index (χ4v) is 2.48. The average Bonchev–Trinajstić information content (AvgIpc) is 2.81. The SMILES string of the molecule is CC1(C)CCN(c2nc3ccc(C(=O)O)cc3o2)CC1. The molecule has 20 heavy (non-hydrogen) atoms. The second-order valence-corrected chi connectivity index (χ2v) is 6.14. The number of fused-ring (bicyclic) bond motifs is 1. The molecule has 0 saturated carbocycles. The molecule has 0 bridgehead atoms. The Morgan fingerprint density at radius 1 is 1.35 bits per heavy atom. The molecule has 1 aliphatic heterocycles. The number of aromatic carboxylic acids is 1. The summed E-state index contributed by atoms with van der Waals surface area (Å²) in [5.41, 5.74) is 1.83. The molecular formula is C15H18N2O3. The first kappa shape index (κ1) is 13.0. The smallest absolute Gasteiger partial charge is 0.335 e. The molecule has 3 rings (SSSR count). The number of aromatic nitrogens is 1. The third-order valence-corrected chi connectivity index (χ3v) is 4.01. The summed E-state index contributed by atoms with van der Waals surface area (Å²) in [4.78, 5) is 17.5. The lowest BCUT2D eigenvalue weighted by molar-refractivity contribution is 0.0697. The number of piperidine rings is 1. The zero-order chi connectivity index (χ0) is 14.3. The molecule has 0 unspecified atom stereocenters. The van der Waals surface area contributed by atoms with Gasteiger partial charge in [-0.1, -0.05) is 13.8 Å². The van der Waals surface area contributed by atoms with Crippen molar-refractivity contribution in [3.8, 4) is 0 Å². The molecule has 1 fully saturated rings. The predicted molar refractivity (Wildman–Crippen MR) is 76.2 cm³/mol. The summed E-state index contributed by atoms with van der Waals surface area (Å²) in [5, 5.41) is 8.98. The van der Waals surface area contributed by atoms with E-state index in [0.29, 0.717) is 22.5 Å². The third kappa shape index (κ3) is 2.35. The standard InChI is InChI=1S/C15H18N2O3/c1-15(2)5-7-17(8-6-15)14-16-11-4-3-10(13(18)19)9-12(11)20-14/h3-4,9H,5-8H2,1-2H3,(H,18,19). The number of hydrogen-bond acceptors (Lipinski definition) is 4. The summed E-state index contributed by atoms with van der Waals surface area (Å²) >= 11 is 0. The second-order valence-electron chi connectivity index (χ2n) is 6.14. The molecule has 1 aromatic heterocycles. The molecule has 2 heterocycles. The molecule has 5 nitrogen and oxygen atoms in total. The van der Waals surface area contributed by atoms with Crippen LogP contribution in [0.1, 0.15) is 37.0 Å². The summed E-state index contributed by atoms with van der Waals surface area (Å²) in [6.45, 7) is 6.39. The van der Waals surface area contributed by atoms with Crippen LogP contribution in [0.15, 0.2) is 22.6 Å². The van der Waals surface area contributed by atoms with E-state index in [9.17, 15) is 4.79 Å². The Hall–Kier alpha value is -2.04. The molecule has 0 radical (unpaired) electrons. The number of carboxylic acid groups (broad SMARTS) is 1. The molecule has 2 aromatic rings. The number of rotatable bonds is 2. The molecule has 1 saturated heterocycles. The first-order chi connectivity index (χ1) is 9.44. The molecule has 0 aliphatic carbocycles. The van der Waals surface area contributed by atoms with Gasteiger partial charge in [0.15, 0.2) is 5.58 Å². The lowest BCUT2D eigenvalue weighted by Crippen LogP contribution is -2.37. The van der Waals surface area contributed by atoms with E-state index in [4.69, 9.17) is 9.52 Å². The maximum atomic E-state index is 11.0. The lowest BCUT2D eigenvalue weighted by Gasteiger charge is -2.35. The van der Waals surface area contributed by atoms with Crippen molar-refractivity contribution in [2.45, 2.75) is 26.7 Å². The maximum Gasteiger partial charge on any atom is 0.335 e. The quantitative estimate of drug-likeness (QED) is 0.911. The normalized spacial score (nSPS) is 18.4. The van der Waals surface area contributed by atoms with Gasteiger partial charge in [-0.2, -0.15) is 4.98 Å². The minimum Gasteiger partial charge on any atom is -0.478 e. The van der Waals surface area contributed by atoms with Crippen LogP contribution in [0.4, 0.5) is 6.01 Å². The van der Waals surface area contributed by atoms with Gasteiger partial charge < -0.3 is 14.4 Å². The van der Waals surface area contributed by atoms with Gasteiger partial charge in [0.25, 0.3) is 6.01 Å². The zero-order valence-corrected chi connectivity index (χ0v) is 11.7. The van der Waals surface area contributed by atoms with E-state index in [-0.39, 0.29) is 5.56 Å². The topological polar surface area (TPSA) is 66.6 Å². The number of oxazole rings is 1. The molecule has 0 amide bonds. The molecular weight excluding hydrogens is 256 g/mol. The van der Waals surface area contributed by atoms with Crippen LogP contribution in [-0.2, 0) is 0 Å². The Morgan fingerprint density at radius 3 is 2.70 bits per heavy atom. The van der Waals surface area contributed by atoms with Crippen LogP contribution in [0.5, 0.6) is 0 Å². The number of benzene rings is 1. The van der Waals surface area contributed by atoms with E-state index in [2.05, 4.69) is 23.7 Å². The first-order valence-corrected chi connectivity index (χ1v) is 6.83. The van der Waals surface area contributed by atoms with Crippen molar-refractivity contribution in [1.82, 2.24) is 4.98 Å². The van der Waals surface area contributed by atoms with E-state index < -0.39 is 5.97 Å². The minimum absolute atomic E-state index is 0.222. The van der Waals surface area contributed by atoms with Crippen LogP contribution >= 0.6 is 0 Å². The van der Waals surface area contributed by atoms with Crippen molar-refractivity contribution < 1.29 is 14.3 Å². The van der Waals surface area contributed by atoms with Crippen LogP contribution in [0.3, 0.4) is 0 Å². The summed E-state index contributed by atoms with van der Waals surface area (Å²) in [6, 6.07) is 5.37. The summed E-state index contributed by atoms with van der Waals surface area (Å²) < 4.78 is 5.72. The molecule has 0 spiro atoms. The fourth-order valence-electron chi connectivity index (χ4n) is 2.48. The van der Waals surface area contributed by atoms with E-state index >= 15 is 0 Å². The van der Waals surface area contributed by atoms with Gasteiger partial charge in [0.2, 0.25) is 0 Å². The molecule has 1 N–H and O–H groups in total. The van der Waals surface area contributed by atoms with Crippen LogP contribution in [0, 0.1) is 5.41 Å². The van der Waals surface area contributed by atoms with Gasteiger partial charge in [0, 0.05) is 13.1 Å². The van der Waals surface area contributed by atoms with Crippen LogP contribution in [-0.4, -0.2) is 29.1 Å². The van der Waals surface area contributed by atoms with Gasteiger partial charge in [0.05, 0.1) is 5.56 Å². The van der Waals surface area contributed by atoms with Gasteiger partial charge in [-0.15, -0.1) is 0 Å². The second kappa shape index (κ2) is 4.51. The Balaban J connectivity index is 1.88. The summed E-state index contributed by atoms with van der Waals surface area (Å²) in [6.07, 6.45) is 2.21.